The van der Waals surface area contributed by atoms with Crippen LogP contribution in [0, 0.1) is 0 Å². The number of amides is 1. The molecule has 0 aliphatic rings. The van der Waals surface area contributed by atoms with Crippen molar-refractivity contribution in [1.29, 1.82) is 0 Å². The van der Waals surface area contributed by atoms with Gasteiger partial charge in [0.2, 0.25) is 0 Å². The number of nitrogens with two attached hydrogens (primary N) is 1. The van der Waals surface area contributed by atoms with E-state index in [1.54, 1.807) is 18.2 Å². The van der Waals surface area contributed by atoms with Crippen LogP contribution in [0.3, 0.4) is 0 Å². The van der Waals surface area contributed by atoms with E-state index in [4.69, 9.17) is 0 Å². The molecule has 1 heterocycles. The van der Waals surface area contributed by atoms with Crippen LogP contribution < -0.4 is 16.2 Å². The van der Waals surface area contributed by atoms with E-state index in [1.165, 1.54) is 4.68 Å². The number of carbonyl (C=O) groups is 1. The second-order valence-corrected chi connectivity index (χ2v) is 8.31. The van der Waals surface area contributed by atoms with Crippen LogP contribution in [0.4, 0.5) is 0 Å². The fraction of sp³-hybridized carbons (Fsp3) is 0.348. The third-order valence-corrected chi connectivity index (χ3v) is 4.68. The molecule has 6 nitrogen and oxygen atoms in total. The molecule has 0 atom stereocenters. The Hall–Kier alpha value is -2.99. The molecule has 152 valence electrons. The van der Waals surface area contributed by atoms with Crippen LogP contribution in [0.1, 0.15) is 43.2 Å². The monoisotopic (exact) mass is 393 g/mol. The molecule has 0 fully saturated rings. The molecular formula is C23H29N4O2+. The van der Waals surface area contributed by atoms with Crippen molar-refractivity contribution in [3.05, 3.63) is 76.2 Å². The molecule has 0 bridgehead atoms. The van der Waals surface area contributed by atoms with E-state index < -0.39 is 0 Å². The number of aromatic nitrogens is 2. The normalized spacial score (nSPS) is 11.6. The Labute approximate surface area is 170 Å². The minimum atomic E-state index is -0.251. The molecule has 0 radical (unpaired) electrons. The number of hydrogen-bond donors (Lipinski definition) is 2. The second kappa shape index (κ2) is 9.01. The molecule has 1 aromatic heterocycles. The summed E-state index contributed by atoms with van der Waals surface area (Å²) in [6.07, 6.45) is 0.866. The van der Waals surface area contributed by atoms with Gasteiger partial charge in [0.1, 0.15) is 0 Å². The third-order valence-electron chi connectivity index (χ3n) is 4.68. The van der Waals surface area contributed by atoms with E-state index in [0.717, 1.165) is 18.5 Å². The zero-order valence-corrected chi connectivity index (χ0v) is 17.3. The van der Waals surface area contributed by atoms with Crippen molar-refractivity contribution < 1.29 is 10.1 Å². The van der Waals surface area contributed by atoms with Gasteiger partial charge in [-0.2, -0.15) is 5.10 Å². The lowest BCUT2D eigenvalue weighted by atomic mass is 10.1. The van der Waals surface area contributed by atoms with E-state index in [1.807, 2.05) is 36.4 Å². The van der Waals surface area contributed by atoms with Gasteiger partial charge in [0.05, 0.1) is 24.0 Å². The number of nitrogens with one attached hydrogen (secondary N) is 1. The zero-order chi connectivity index (χ0) is 20.9. The first-order chi connectivity index (χ1) is 13.8. The van der Waals surface area contributed by atoms with Crippen molar-refractivity contribution in [2.45, 2.75) is 39.3 Å². The Morgan fingerprint density at radius 1 is 1.03 bits per heavy atom. The Balaban J connectivity index is 1.82. The van der Waals surface area contributed by atoms with E-state index in [9.17, 15) is 9.59 Å². The standard InChI is InChI=1S/C23H28N4O2/c1-23(2,3)25-15-9-14-24-21(28)20-18-12-7-8-13-19(18)22(29)27(26-20)16-17-10-5-4-6-11-17/h4-8,10-13,25H,9,14-16H2,1-3H3,(H,24,28)/p+1. The summed E-state index contributed by atoms with van der Waals surface area (Å²) in [5.41, 5.74) is 1.23. The highest BCUT2D eigenvalue weighted by Gasteiger charge is 2.17. The van der Waals surface area contributed by atoms with Gasteiger partial charge in [-0.05, 0) is 32.4 Å². The Morgan fingerprint density at radius 2 is 1.69 bits per heavy atom. The number of rotatable bonds is 7. The van der Waals surface area contributed by atoms with Crippen LogP contribution in [0.25, 0.3) is 10.8 Å². The van der Waals surface area contributed by atoms with Crippen LogP contribution >= 0.6 is 0 Å². The van der Waals surface area contributed by atoms with E-state index >= 15 is 0 Å². The molecule has 29 heavy (non-hydrogen) atoms. The summed E-state index contributed by atoms with van der Waals surface area (Å²) in [4.78, 5) is 25.7. The highest BCUT2D eigenvalue weighted by atomic mass is 16.2. The Kier molecular flexibility index (Phi) is 6.44. The number of nitrogens with zero attached hydrogens (tertiary/aromatic N) is 2. The van der Waals surface area contributed by atoms with Crippen LogP contribution in [-0.2, 0) is 6.54 Å². The number of benzene rings is 2. The zero-order valence-electron chi connectivity index (χ0n) is 17.3. The molecule has 6 heteroatoms. The third kappa shape index (κ3) is 5.51. The van der Waals surface area contributed by atoms with Crippen LogP contribution in [0.5, 0.6) is 0 Å². The summed E-state index contributed by atoms with van der Waals surface area (Å²) < 4.78 is 1.37. The van der Waals surface area contributed by atoms with Gasteiger partial charge < -0.3 is 10.6 Å². The number of hydrogen-bond acceptors (Lipinski definition) is 3. The first-order valence-corrected chi connectivity index (χ1v) is 10.0. The largest absolute Gasteiger partial charge is 0.350 e. The van der Waals surface area contributed by atoms with Crippen molar-refractivity contribution in [2.24, 2.45) is 0 Å². The first kappa shape index (κ1) is 20.7. The molecule has 0 spiro atoms. The van der Waals surface area contributed by atoms with E-state index in [2.05, 4.69) is 36.5 Å². The molecule has 1 amide bonds. The second-order valence-electron chi connectivity index (χ2n) is 8.31. The summed E-state index contributed by atoms with van der Waals surface area (Å²) in [7, 11) is 0. The molecule has 3 rings (SSSR count). The number of quaternary nitrogens is 1. The maximum absolute atomic E-state index is 12.9. The molecule has 0 saturated heterocycles. The lowest BCUT2D eigenvalue weighted by Crippen LogP contribution is -2.94. The van der Waals surface area contributed by atoms with Crippen LogP contribution in [0.15, 0.2) is 59.4 Å². The quantitative estimate of drug-likeness (QED) is 0.602. The predicted octanol–water partition coefficient (Wildman–Crippen LogP) is 1.93. The average molecular weight is 394 g/mol. The molecule has 0 saturated carbocycles. The maximum atomic E-state index is 12.9. The van der Waals surface area contributed by atoms with Crippen molar-refractivity contribution in [2.75, 3.05) is 13.1 Å². The smallest absolute Gasteiger partial charge is 0.274 e. The van der Waals surface area contributed by atoms with Crippen molar-refractivity contribution in [3.63, 3.8) is 0 Å². The fourth-order valence-electron chi connectivity index (χ4n) is 3.19. The first-order valence-electron chi connectivity index (χ1n) is 10.0. The van der Waals surface area contributed by atoms with Crippen molar-refractivity contribution >= 4 is 16.7 Å². The molecule has 0 unspecified atom stereocenters. The summed E-state index contributed by atoms with van der Waals surface area (Å²) in [6, 6.07) is 16.8. The topological polar surface area (TPSA) is 80.6 Å². The SMILES string of the molecule is CC(C)(C)[NH2+]CCCNC(=O)c1nn(Cc2ccccc2)c(=O)c2ccccc12. The number of carbonyl (C=O) groups excluding carboxylic acids is 1. The minimum Gasteiger partial charge on any atom is -0.350 e. The highest BCUT2D eigenvalue weighted by molar-refractivity contribution is 6.04. The average Bonchev–Trinajstić information content (AvgIpc) is 2.69. The molecule has 3 N–H and O–H groups in total. The highest BCUT2D eigenvalue weighted by Crippen LogP contribution is 2.14. The molecule has 0 aliphatic heterocycles. The van der Waals surface area contributed by atoms with Crippen LogP contribution in [-0.4, -0.2) is 34.3 Å². The van der Waals surface area contributed by atoms with Gasteiger partial charge in [0.25, 0.3) is 11.5 Å². The fourth-order valence-corrected chi connectivity index (χ4v) is 3.19. The summed E-state index contributed by atoms with van der Waals surface area (Å²) >= 11 is 0. The van der Waals surface area contributed by atoms with Gasteiger partial charge in [-0.15, -0.1) is 0 Å². The maximum Gasteiger partial charge on any atom is 0.274 e. The van der Waals surface area contributed by atoms with Gasteiger partial charge in [-0.3, -0.25) is 9.59 Å². The van der Waals surface area contributed by atoms with E-state index in [-0.39, 0.29) is 22.7 Å². The summed E-state index contributed by atoms with van der Waals surface area (Å²) in [5.74, 6) is -0.251. The van der Waals surface area contributed by atoms with Gasteiger partial charge in [0.15, 0.2) is 5.69 Å². The summed E-state index contributed by atoms with van der Waals surface area (Å²) in [6.45, 7) is 8.32. The van der Waals surface area contributed by atoms with Gasteiger partial charge in [-0.25, -0.2) is 4.68 Å². The van der Waals surface area contributed by atoms with Gasteiger partial charge >= 0.3 is 0 Å². The predicted molar refractivity (Wildman–Crippen MR) is 115 cm³/mol. The lowest BCUT2D eigenvalue weighted by Gasteiger charge is -2.16. The molecule has 0 aliphatic carbocycles. The van der Waals surface area contributed by atoms with Crippen LogP contribution in [0.2, 0.25) is 0 Å². The van der Waals surface area contributed by atoms with Gasteiger partial charge in [-0.1, -0.05) is 48.5 Å². The molecule has 2 aromatic carbocycles. The Morgan fingerprint density at radius 3 is 2.38 bits per heavy atom. The van der Waals surface area contributed by atoms with Crippen molar-refractivity contribution in [1.82, 2.24) is 15.1 Å². The molecule has 3 aromatic rings. The van der Waals surface area contributed by atoms with Gasteiger partial charge in [0, 0.05) is 18.4 Å². The van der Waals surface area contributed by atoms with Crippen molar-refractivity contribution in [3.8, 4) is 0 Å². The Bertz CT molecular complexity index is 1040. The lowest BCUT2D eigenvalue weighted by molar-refractivity contribution is -0.717. The summed E-state index contributed by atoms with van der Waals surface area (Å²) in [5, 5.41) is 10.7. The minimum absolute atomic E-state index is 0.175. The van der Waals surface area contributed by atoms with E-state index in [0.29, 0.717) is 23.9 Å². The number of fused-ring (bicyclic) bond motifs is 1. The molecular weight excluding hydrogens is 364 g/mol.